The van der Waals surface area contributed by atoms with Gasteiger partial charge in [-0.1, -0.05) is 0 Å². The van der Waals surface area contributed by atoms with E-state index in [0.29, 0.717) is 6.54 Å². The molecule has 1 aliphatic heterocycles. The van der Waals surface area contributed by atoms with Crippen molar-refractivity contribution in [2.24, 2.45) is 0 Å². The number of carbonyl (C=O) groups excluding carboxylic acids is 1. The predicted molar refractivity (Wildman–Crippen MR) is 45.7 cm³/mol. The molecule has 0 aliphatic carbocycles. The lowest BCUT2D eigenvalue weighted by Gasteiger charge is -2.33. The van der Waals surface area contributed by atoms with Gasteiger partial charge in [-0.25, -0.2) is 0 Å². The number of aliphatic hydroxyl groups excluding tert-OH is 1. The molecule has 0 saturated carbocycles. The molecular weight excluding hydrogens is 156 g/mol. The molecule has 1 amide bonds. The number of β-amino-alcohol motifs (C(OH)–C–C–N with tert-alkyl or cyclic N) is 1. The molecule has 4 nitrogen and oxygen atoms in total. The summed E-state index contributed by atoms with van der Waals surface area (Å²) >= 11 is 0. The van der Waals surface area contributed by atoms with E-state index in [4.69, 9.17) is 0 Å². The van der Waals surface area contributed by atoms with E-state index in [-0.39, 0.29) is 18.1 Å². The molecule has 1 aliphatic rings. The van der Waals surface area contributed by atoms with Crippen LogP contribution in [0.15, 0.2) is 0 Å². The number of likely N-dealkylation sites (N-methyl/N-ethyl adjacent to an activating group) is 2. The van der Waals surface area contributed by atoms with Crippen LogP contribution in [-0.2, 0) is 4.79 Å². The summed E-state index contributed by atoms with van der Waals surface area (Å²) in [6.07, 6.45) is 1.20. The fourth-order valence-electron chi connectivity index (χ4n) is 1.62. The quantitative estimate of drug-likeness (QED) is 0.544. The average molecular weight is 172 g/mol. The molecule has 70 valence electrons. The van der Waals surface area contributed by atoms with E-state index in [1.165, 1.54) is 0 Å². The molecule has 0 aromatic heterocycles. The average Bonchev–Trinajstić information content (AvgIpc) is 2.03. The van der Waals surface area contributed by atoms with Crippen molar-refractivity contribution in [1.82, 2.24) is 10.2 Å². The Morgan fingerprint density at radius 3 is 2.75 bits per heavy atom. The van der Waals surface area contributed by atoms with Crippen molar-refractivity contribution in [3.8, 4) is 0 Å². The molecule has 1 fully saturated rings. The summed E-state index contributed by atoms with van der Waals surface area (Å²) < 4.78 is 0. The van der Waals surface area contributed by atoms with Crippen LogP contribution >= 0.6 is 0 Å². The maximum Gasteiger partial charge on any atom is 0.237 e. The summed E-state index contributed by atoms with van der Waals surface area (Å²) in [5.74, 6) is 0.0457. The van der Waals surface area contributed by atoms with Gasteiger partial charge in [0.05, 0.1) is 12.1 Å². The molecule has 2 N–H and O–H groups in total. The lowest BCUT2D eigenvalue weighted by atomic mass is 10.0. The summed E-state index contributed by atoms with van der Waals surface area (Å²) in [6.45, 7) is 0.595. The number of nitrogens with zero attached hydrogens (tertiary/aromatic N) is 1. The number of piperidine rings is 1. The zero-order chi connectivity index (χ0) is 9.14. The van der Waals surface area contributed by atoms with Crippen LogP contribution in [0.3, 0.4) is 0 Å². The molecule has 0 bridgehead atoms. The van der Waals surface area contributed by atoms with Gasteiger partial charge in [0.25, 0.3) is 0 Å². The third kappa shape index (κ3) is 1.95. The van der Waals surface area contributed by atoms with Gasteiger partial charge in [-0.3, -0.25) is 9.69 Å². The smallest absolute Gasteiger partial charge is 0.237 e. The Morgan fingerprint density at radius 2 is 2.25 bits per heavy atom. The maximum absolute atomic E-state index is 11.2. The van der Waals surface area contributed by atoms with Crippen molar-refractivity contribution in [2.75, 3.05) is 20.6 Å². The molecule has 2 atom stereocenters. The second-order valence-corrected chi connectivity index (χ2v) is 3.30. The normalized spacial score (nSPS) is 31.6. The van der Waals surface area contributed by atoms with Crippen LogP contribution in [0.5, 0.6) is 0 Å². The first-order valence-electron chi connectivity index (χ1n) is 4.25. The molecular formula is C8H16N2O2. The first-order valence-corrected chi connectivity index (χ1v) is 4.25. The van der Waals surface area contributed by atoms with Crippen molar-refractivity contribution in [3.63, 3.8) is 0 Å². The Kier molecular flexibility index (Phi) is 3.05. The Hall–Kier alpha value is -0.610. The van der Waals surface area contributed by atoms with Crippen molar-refractivity contribution in [3.05, 3.63) is 0 Å². The Labute approximate surface area is 72.6 Å². The van der Waals surface area contributed by atoms with Gasteiger partial charge in [0, 0.05) is 13.6 Å². The van der Waals surface area contributed by atoms with Gasteiger partial charge in [-0.05, 0) is 19.9 Å². The van der Waals surface area contributed by atoms with Gasteiger partial charge >= 0.3 is 0 Å². The van der Waals surface area contributed by atoms with Crippen LogP contribution in [0.1, 0.15) is 12.8 Å². The third-order valence-electron chi connectivity index (χ3n) is 2.35. The molecule has 1 heterocycles. The monoisotopic (exact) mass is 172 g/mol. The zero-order valence-corrected chi connectivity index (χ0v) is 7.58. The summed E-state index contributed by atoms with van der Waals surface area (Å²) in [5, 5.41) is 11.9. The molecule has 0 aromatic rings. The van der Waals surface area contributed by atoms with Crippen molar-refractivity contribution in [1.29, 1.82) is 0 Å². The van der Waals surface area contributed by atoms with Gasteiger partial charge in [-0.2, -0.15) is 0 Å². The van der Waals surface area contributed by atoms with Crippen LogP contribution in [0.2, 0.25) is 0 Å². The van der Waals surface area contributed by atoms with Gasteiger partial charge in [0.1, 0.15) is 0 Å². The van der Waals surface area contributed by atoms with Crippen molar-refractivity contribution >= 4 is 5.91 Å². The van der Waals surface area contributed by atoms with Gasteiger partial charge in [0.15, 0.2) is 0 Å². The zero-order valence-electron chi connectivity index (χ0n) is 7.58. The molecule has 4 heteroatoms. The first-order chi connectivity index (χ1) is 5.65. The van der Waals surface area contributed by atoms with Gasteiger partial charge in [-0.15, -0.1) is 0 Å². The van der Waals surface area contributed by atoms with Crippen LogP contribution in [0.4, 0.5) is 0 Å². The molecule has 0 spiro atoms. The predicted octanol–water partition coefficient (Wildman–Crippen LogP) is -0.813. The van der Waals surface area contributed by atoms with Crippen LogP contribution < -0.4 is 5.32 Å². The number of hydrogen-bond donors (Lipinski definition) is 2. The number of rotatable bonds is 1. The van der Waals surface area contributed by atoms with Crippen molar-refractivity contribution < 1.29 is 9.90 Å². The standard InChI is InChI=1S/C8H16N2O2/c1-9-8(12)7-4-3-6(11)5-10(7)2/h6-7,11H,3-5H2,1-2H3,(H,9,12)/t6-,7+/m1/s1. The van der Waals surface area contributed by atoms with E-state index >= 15 is 0 Å². The number of nitrogens with one attached hydrogen (secondary N) is 1. The highest BCUT2D eigenvalue weighted by molar-refractivity contribution is 5.81. The van der Waals surface area contributed by atoms with E-state index in [1.54, 1.807) is 7.05 Å². The van der Waals surface area contributed by atoms with Crippen LogP contribution in [-0.4, -0.2) is 48.7 Å². The minimum Gasteiger partial charge on any atom is -0.392 e. The van der Waals surface area contributed by atoms with E-state index < -0.39 is 0 Å². The SMILES string of the molecule is CNC(=O)[C@@H]1CC[C@@H](O)CN1C. The molecule has 12 heavy (non-hydrogen) atoms. The topological polar surface area (TPSA) is 52.6 Å². The molecule has 0 aromatic carbocycles. The van der Waals surface area contributed by atoms with Crippen LogP contribution in [0.25, 0.3) is 0 Å². The molecule has 0 unspecified atom stereocenters. The highest BCUT2D eigenvalue weighted by atomic mass is 16.3. The Bertz CT molecular complexity index is 172. The largest absolute Gasteiger partial charge is 0.392 e. The highest BCUT2D eigenvalue weighted by Gasteiger charge is 2.28. The lowest BCUT2D eigenvalue weighted by molar-refractivity contribution is -0.127. The maximum atomic E-state index is 11.2. The molecule has 1 rings (SSSR count). The molecule has 1 saturated heterocycles. The fraction of sp³-hybridized carbons (Fsp3) is 0.875. The Balaban J connectivity index is 2.50. The summed E-state index contributed by atoms with van der Waals surface area (Å²) in [7, 11) is 3.50. The Morgan fingerprint density at radius 1 is 1.58 bits per heavy atom. The second-order valence-electron chi connectivity index (χ2n) is 3.30. The van der Waals surface area contributed by atoms with Gasteiger partial charge in [0.2, 0.25) is 5.91 Å². The second kappa shape index (κ2) is 3.87. The number of likely N-dealkylation sites (tertiary alicyclic amines) is 1. The van der Waals surface area contributed by atoms with E-state index in [9.17, 15) is 9.90 Å². The van der Waals surface area contributed by atoms with Crippen LogP contribution in [0, 0.1) is 0 Å². The summed E-state index contributed by atoms with van der Waals surface area (Å²) in [5.41, 5.74) is 0. The first kappa shape index (κ1) is 9.48. The lowest BCUT2D eigenvalue weighted by Crippen LogP contribution is -2.50. The number of carbonyl (C=O) groups is 1. The number of hydrogen-bond acceptors (Lipinski definition) is 3. The highest BCUT2D eigenvalue weighted by Crippen LogP contribution is 2.15. The third-order valence-corrected chi connectivity index (χ3v) is 2.35. The molecule has 0 radical (unpaired) electrons. The number of amides is 1. The van der Waals surface area contributed by atoms with Crippen molar-refractivity contribution in [2.45, 2.75) is 25.0 Å². The fourth-order valence-corrected chi connectivity index (χ4v) is 1.62. The number of aliphatic hydroxyl groups is 1. The van der Waals surface area contributed by atoms with E-state index in [2.05, 4.69) is 5.32 Å². The minimum absolute atomic E-state index is 0.0457. The minimum atomic E-state index is -0.268. The van der Waals surface area contributed by atoms with E-state index in [1.807, 2.05) is 11.9 Å². The van der Waals surface area contributed by atoms with E-state index in [0.717, 1.165) is 12.8 Å². The summed E-state index contributed by atoms with van der Waals surface area (Å²) in [4.78, 5) is 13.1. The van der Waals surface area contributed by atoms with Gasteiger partial charge < -0.3 is 10.4 Å². The summed E-state index contributed by atoms with van der Waals surface area (Å²) in [6, 6.07) is -0.0570.